The van der Waals surface area contributed by atoms with Gasteiger partial charge in [-0.05, 0) is 17.0 Å². The van der Waals surface area contributed by atoms with Gasteiger partial charge in [-0.3, -0.25) is 0 Å². The van der Waals surface area contributed by atoms with Crippen LogP contribution in [0.2, 0.25) is 0 Å². The minimum Gasteiger partial charge on any atom is -0.448 e. The van der Waals surface area contributed by atoms with Gasteiger partial charge in [-0.1, -0.05) is 45.0 Å². The lowest BCUT2D eigenvalue weighted by Crippen LogP contribution is -2.01. The Labute approximate surface area is 96.3 Å². The molecule has 16 heavy (non-hydrogen) atoms. The molecule has 2 nitrogen and oxygen atoms in total. The Bertz CT molecular complexity index is 446. The quantitative estimate of drug-likeness (QED) is 0.774. The smallest absolute Gasteiger partial charge is 0.180 e. The highest BCUT2D eigenvalue weighted by Crippen LogP contribution is 2.30. The number of rotatable bonds is 3. The Kier molecular flexibility index (Phi) is 3.09. The number of benzene rings is 1. The summed E-state index contributed by atoms with van der Waals surface area (Å²) >= 11 is 0. The van der Waals surface area contributed by atoms with Crippen molar-refractivity contribution in [1.82, 2.24) is 4.98 Å². The van der Waals surface area contributed by atoms with Crippen LogP contribution in [0.3, 0.4) is 0 Å². The van der Waals surface area contributed by atoms with E-state index in [-0.39, 0.29) is 5.92 Å². The van der Waals surface area contributed by atoms with E-state index in [0.717, 1.165) is 5.76 Å². The standard InChI is InChI=1S/C14H17NO/c1-10(2)12-6-4-5-7-13(12)11(3)14-8-15-9-16-14/h4-11H,1-3H3. The van der Waals surface area contributed by atoms with Crippen molar-refractivity contribution >= 4 is 0 Å². The van der Waals surface area contributed by atoms with Crippen molar-refractivity contribution in [2.45, 2.75) is 32.6 Å². The van der Waals surface area contributed by atoms with Gasteiger partial charge in [-0.2, -0.15) is 0 Å². The van der Waals surface area contributed by atoms with Gasteiger partial charge in [0.1, 0.15) is 5.76 Å². The van der Waals surface area contributed by atoms with Gasteiger partial charge in [-0.25, -0.2) is 4.98 Å². The second-order valence-corrected chi connectivity index (χ2v) is 4.41. The molecule has 1 aromatic carbocycles. The van der Waals surface area contributed by atoms with Crippen LogP contribution < -0.4 is 0 Å². The maximum Gasteiger partial charge on any atom is 0.180 e. The molecule has 1 unspecified atom stereocenters. The molecule has 84 valence electrons. The van der Waals surface area contributed by atoms with Gasteiger partial charge >= 0.3 is 0 Å². The molecule has 0 saturated heterocycles. The predicted molar refractivity (Wildman–Crippen MR) is 64.6 cm³/mol. The number of hydrogen-bond donors (Lipinski definition) is 0. The van der Waals surface area contributed by atoms with E-state index >= 15 is 0 Å². The number of nitrogens with zero attached hydrogens (tertiary/aromatic N) is 1. The number of hydrogen-bond acceptors (Lipinski definition) is 2. The molecule has 2 heteroatoms. The summed E-state index contributed by atoms with van der Waals surface area (Å²) in [4.78, 5) is 3.98. The second-order valence-electron chi connectivity index (χ2n) is 4.41. The molecule has 0 spiro atoms. The first kappa shape index (κ1) is 10.9. The SMILES string of the molecule is CC(C)c1ccccc1C(C)c1cnco1. The van der Waals surface area contributed by atoms with E-state index in [1.54, 1.807) is 6.20 Å². The van der Waals surface area contributed by atoms with Gasteiger partial charge in [0.15, 0.2) is 6.39 Å². The summed E-state index contributed by atoms with van der Waals surface area (Å²) in [5, 5.41) is 0. The summed E-state index contributed by atoms with van der Waals surface area (Å²) < 4.78 is 5.37. The minimum absolute atomic E-state index is 0.265. The van der Waals surface area contributed by atoms with Crippen molar-refractivity contribution in [2.75, 3.05) is 0 Å². The molecule has 0 amide bonds. The number of aromatic nitrogens is 1. The molecule has 1 atom stereocenters. The molecule has 0 aliphatic rings. The van der Waals surface area contributed by atoms with Crippen molar-refractivity contribution in [3.63, 3.8) is 0 Å². The molecule has 0 aliphatic carbocycles. The van der Waals surface area contributed by atoms with Gasteiger partial charge in [-0.15, -0.1) is 0 Å². The lowest BCUT2D eigenvalue weighted by molar-refractivity contribution is 0.489. The molecule has 2 aromatic rings. The number of oxazole rings is 1. The zero-order valence-electron chi connectivity index (χ0n) is 9.97. The van der Waals surface area contributed by atoms with E-state index in [9.17, 15) is 0 Å². The van der Waals surface area contributed by atoms with E-state index < -0.39 is 0 Å². The predicted octanol–water partition coefficient (Wildman–Crippen LogP) is 3.95. The van der Waals surface area contributed by atoms with Crippen LogP contribution >= 0.6 is 0 Å². The van der Waals surface area contributed by atoms with E-state index in [1.165, 1.54) is 17.5 Å². The molecular weight excluding hydrogens is 198 g/mol. The van der Waals surface area contributed by atoms with Crippen LogP contribution in [0.15, 0.2) is 41.3 Å². The summed E-state index contributed by atoms with van der Waals surface area (Å²) in [6, 6.07) is 8.52. The summed E-state index contributed by atoms with van der Waals surface area (Å²) in [5.74, 6) is 1.72. The third kappa shape index (κ3) is 2.01. The van der Waals surface area contributed by atoms with Gasteiger partial charge in [0.2, 0.25) is 0 Å². The van der Waals surface area contributed by atoms with Gasteiger partial charge in [0.05, 0.1) is 6.20 Å². The van der Waals surface area contributed by atoms with Gasteiger partial charge in [0.25, 0.3) is 0 Å². The highest BCUT2D eigenvalue weighted by molar-refractivity contribution is 5.35. The molecule has 1 heterocycles. The highest BCUT2D eigenvalue weighted by atomic mass is 16.3. The van der Waals surface area contributed by atoms with E-state index in [2.05, 4.69) is 50.0 Å². The second kappa shape index (κ2) is 4.52. The molecule has 0 bridgehead atoms. The Morgan fingerprint density at radius 1 is 1.06 bits per heavy atom. The first-order chi connectivity index (χ1) is 7.70. The molecule has 0 radical (unpaired) electrons. The Morgan fingerprint density at radius 3 is 2.31 bits per heavy atom. The van der Waals surface area contributed by atoms with Crippen molar-refractivity contribution in [1.29, 1.82) is 0 Å². The highest BCUT2D eigenvalue weighted by Gasteiger charge is 2.16. The van der Waals surface area contributed by atoms with Crippen LogP contribution in [-0.4, -0.2) is 4.98 Å². The first-order valence-electron chi connectivity index (χ1n) is 5.67. The Hall–Kier alpha value is -1.57. The Morgan fingerprint density at radius 2 is 1.75 bits per heavy atom. The normalized spacial score (nSPS) is 13.0. The lowest BCUT2D eigenvalue weighted by atomic mass is 9.89. The topological polar surface area (TPSA) is 26.0 Å². The Balaban J connectivity index is 2.40. The fraction of sp³-hybridized carbons (Fsp3) is 0.357. The molecular formula is C14H17NO. The van der Waals surface area contributed by atoms with Crippen LogP contribution in [0.4, 0.5) is 0 Å². The fourth-order valence-corrected chi connectivity index (χ4v) is 2.02. The summed E-state index contributed by atoms with van der Waals surface area (Å²) in [7, 11) is 0. The van der Waals surface area contributed by atoms with Gasteiger partial charge in [0, 0.05) is 5.92 Å². The maximum absolute atomic E-state index is 5.37. The molecule has 0 saturated carbocycles. The third-order valence-corrected chi connectivity index (χ3v) is 2.96. The molecule has 1 aromatic heterocycles. The van der Waals surface area contributed by atoms with Crippen LogP contribution in [0, 0.1) is 0 Å². The van der Waals surface area contributed by atoms with Crippen molar-refractivity contribution in [3.8, 4) is 0 Å². The van der Waals surface area contributed by atoms with Crippen LogP contribution in [0.25, 0.3) is 0 Å². The van der Waals surface area contributed by atoms with Crippen molar-refractivity contribution in [3.05, 3.63) is 53.7 Å². The van der Waals surface area contributed by atoms with Crippen LogP contribution in [0.5, 0.6) is 0 Å². The van der Waals surface area contributed by atoms with Gasteiger partial charge < -0.3 is 4.42 Å². The molecule has 0 N–H and O–H groups in total. The van der Waals surface area contributed by atoms with E-state index in [1.807, 2.05) is 0 Å². The molecule has 0 aliphatic heterocycles. The van der Waals surface area contributed by atoms with E-state index in [4.69, 9.17) is 4.42 Å². The van der Waals surface area contributed by atoms with E-state index in [0.29, 0.717) is 5.92 Å². The maximum atomic E-state index is 5.37. The fourth-order valence-electron chi connectivity index (χ4n) is 2.02. The largest absolute Gasteiger partial charge is 0.448 e. The summed E-state index contributed by atoms with van der Waals surface area (Å²) in [5.41, 5.74) is 2.71. The lowest BCUT2D eigenvalue weighted by Gasteiger charge is -2.16. The van der Waals surface area contributed by atoms with Crippen molar-refractivity contribution in [2.24, 2.45) is 0 Å². The van der Waals surface area contributed by atoms with Crippen molar-refractivity contribution < 1.29 is 4.42 Å². The average Bonchev–Trinajstić information content (AvgIpc) is 2.81. The summed E-state index contributed by atoms with van der Waals surface area (Å²) in [6.45, 7) is 6.58. The third-order valence-electron chi connectivity index (χ3n) is 2.96. The average molecular weight is 215 g/mol. The minimum atomic E-state index is 0.265. The molecule has 0 fully saturated rings. The first-order valence-corrected chi connectivity index (χ1v) is 5.67. The zero-order valence-corrected chi connectivity index (χ0v) is 9.97. The van der Waals surface area contributed by atoms with Crippen LogP contribution in [-0.2, 0) is 0 Å². The summed E-state index contributed by atoms with van der Waals surface area (Å²) in [6.07, 6.45) is 3.28. The molecule has 2 rings (SSSR count). The zero-order chi connectivity index (χ0) is 11.5. The monoisotopic (exact) mass is 215 g/mol. The van der Waals surface area contributed by atoms with Crippen LogP contribution in [0.1, 0.15) is 49.5 Å².